The number of pyridine rings is 1. The van der Waals surface area contributed by atoms with Gasteiger partial charge in [0.05, 0.1) is 11.8 Å². The van der Waals surface area contributed by atoms with Crippen LogP contribution in [0.1, 0.15) is 29.7 Å². The van der Waals surface area contributed by atoms with Gasteiger partial charge in [0, 0.05) is 32.4 Å². The quantitative estimate of drug-likeness (QED) is 0.863. The van der Waals surface area contributed by atoms with Gasteiger partial charge < -0.3 is 10.0 Å². The van der Waals surface area contributed by atoms with Crippen LogP contribution >= 0.6 is 0 Å². The Hall–Kier alpha value is -2.15. The number of hydrogen-bond acceptors (Lipinski definition) is 4. The van der Waals surface area contributed by atoms with Crippen LogP contribution in [0.4, 0.5) is 0 Å². The van der Waals surface area contributed by atoms with Crippen LogP contribution in [-0.2, 0) is 18.3 Å². The zero-order chi connectivity index (χ0) is 17.4. The van der Waals surface area contributed by atoms with E-state index < -0.39 is 0 Å². The summed E-state index contributed by atoms with van der Waals surface area (Å²) in [5, 5.41) is 12.5. The van der Waals surface area contributed by atoms with Crippen molar-refractivity contribution in [1.29, 1.82) is 0 Å². The first-order chi connectivity index (χ1) is 11.4. The van der Waals surface area contributed by atoms with Gasteiger partial charge in [0.25, 0.3) is 5.56 Å². The fourth-order valence-electron chi connectivity index (χ4n) is 3.54. The van der Waals surface area contributed by atoms with Crippen molar-refractivity contribution >= 4 is 16.9 Å². The molecule has 0 unspecified atom stereocenters. The molecule has 0 saturated carbocycles. The molecule has 1 amide bonds. The van der Waals surface area contributed by atoms with E-state index >= 15 is 0 Å². The van der Waals surface area contributed by atoms with Gasteiger partial charge in [-0.1, -0.05) is 0 Å². The van der Waals surface area contributed by atoms with Gasteiger partial charge in [-0.05, 0) is 43.7 Å². The van der Waals surface area contributed by atoms with Crippen molar-refractivity contribution in [2.75, 3.05) is 19.7 Å². The fraction of sp³-hybridized carbons (Fsp3) is 0.588. The monoisotopic (exact) mass is 332 g/mol. The number of rotatable bonds is 3. The van der Waals surface area contributed by atoms with E-state index in [1.165, 1.54) is 0 Å². The molecule has 0 aliphatic carbocycles. The number of H-pyrrole nitrogens is 1. The van der Waals surface area contributed by atoms with Crippen molar-refractivity contribution in [3.05, 3.63) is 27.2 Å². The lowest BCUT2D eigenvalue weighted by atomic mass is 9.96. The molecule has 1 aliphatic heterocycles. The third-order valence-corrected chi connectivity index (χ3v) is 5.13. The number of piperidine rings is 1. The molecule has 0 atom stereocenters. The number of nitrogens with one attached hydrogen (secondary N) is 1. The summed E-state index contributed by atoms with van der Waals surface area (Å²) in [6.07, 6.45) is 1.95. The number of aliphatic hydroxyl groups excluding tert-OH is 1. The second-order valence-electron chi connectivity index (χ2n) is 6.68. The Morgan fingerprint density at radius 3 is 2.62 bits per heavy atom. The fourth-order valence-corrected chi connectivity index (χ4v) is 3.54. The van der Waals surface area contributed by atoms with Gasteiger partial charge in [-0.15, -0.1) is 0 Å². The smallest absolute Gasteiger partial charge is 0.273 e. The first-order valence-corrected chi connectivity index (χ1v) is 8.35. The predicted molar refractivity (Wildman–Crippen MR) is 90.9 cm³/mol. The molecule has 7 nitrogen and oxygen atoms in total. The molecule has 1 fully saturated rings. The highest BCUT2D eigenvalue weighted by molar-refractivity contribution is 5.84. The Labute approximate surface area is 140 Å². The Morgan fingerprint density at radius 2 is 2.00 bits per heavy atom. The highest BCUT2D eigenvalue weighted by Gasteiger charge is 2.24. The summed E-state index contributed by atoms with van der Waals surface area (Å²) in [4.78, 5) is 31.1. The van der Waals surface area contributed by atoms with E-state index in [0.29, 0.717) is 30.0 Å². The molecule has 7 heteroatoms. The summed E-state index contributed by atoms with van der Waals surface area (Å²) >= 11 is 0. The molecule has 130 valence electrons. The van der Waals surface area contributed by atoms with Gasteiger partial charge in [0.2, 0.25) is 5.91 Å². The molecule has 0 radical (unpaired) electrons. The first kappa shape index (κ1) is 16.7. The van der Waals surface area contributed by atoms with Crippen LogP contribution < -0.4 is 5.56 Å². The van der Waals surface area contributed by atoms with Crippen molar-refractivity contribution in [1.82, 2.24) is 19.7 Å². The van der Waals surface area contributed by atoms with Crippen LogP contribution in [-0.4, -0.2) is 50.4 Å². The van der Waals surface area contributed by atoms with E-state index in [9.17, 15) is 14.7 Å². The van der Waals surface area contributed by atoms with Gasteiger partial charge in [0.15, 0.2) is 5.65 Å². The summed E-state index contributed by atoms with van der Waals surface area (Å²) in [5.74, 6) is 0.365. The number of aryl methyl sites for hydroxylation is 3. The highest BCUT2D eigenvalue weighted by atomic mass is 16.3. The van der Waals surface area contributed by atoms with Crippen molar-refractivity contribution < 1.29 is 9.90 Å². The highest BCUT2D eigenvalue weighted by Crippen LogP contribution is 2.22. The van der Waals surface area contributed by atoms with Crippen molar-refractivity contribution in [2.45, 2.75) is 33.1 Å². The molecule has 2 aromatic rings. The van der Waals surface area contributed by atoms with E-state index in [4.69, 9.17) is 0 Å². The lowest BCUT2D eigenvalue weighted by molar-refractivity contribution is -0.132. The summed E-state index contributed by atoms with van der Waals surface area (Å²) in [5.41, 5.74) is 2.91. The Balaban J connectivity index is 1.86. The number of nitrogens with zero attached hydrogens (tertiary/aromatic N) is 3. The topological polar surface area (TPSA) is 91.2 Å². The van der Waals surface area contributed by atoms with Crippen molar-refractivity contribution in [2.24, 2.45) is 13.0 Å². The summed E-state index contributed by atoms with van der Waals surface area (Å²) < 4.78 is 1.61. The third kappa shape index (κ3) is 2.84. The number of aromatic amines is 1. The number of carbonyl (C=O) groups is 1. The van der Waals surface area contributed by atoms with Crippen LogP contribution in [0.15, 0.2) is 4.79 Å². The second-order valence-corrected chi connectivity index (χ2v) is 6.68. The molecule has 3 rings (SSSR count). The molecular formula is C17H24N4O3. The zero-order valence-electron chi connectivity index (χ0n) is 14.4. The van der Waals surface area contributed by atoms with E-state index in [-0.39, 0.29) is 24.5 Å². The molecular weight excluding hydrogens is 308 g/mol. The van der Waals surface area contributed by atoms with Crippen LogP contribution in [0, 0.1) is 19.8 Å². The minimum atomic E-state index is -0.171. The maximum Gasteiger partial charge on any atom is 0.273 e. The van der Waals surface area contributed by atoms with Crippen LogP contribution in [0.5, 0.6) is 0 Å². The average molecular weight is 332 g/mol. The van der Waals surface area contributed by atoms with Gasteiger partial charge in [-0.3, -0.25) is 19.4 Å². The number of aliphatic hydroxyl groups is 1. The van der Waals surface area contributed by atoms with Crippen LogP contribution in [0.25, 0.3) is 11.0 Å². The van der Waals surface area contributed by atoms with Crippen LogP contribution in [0.2, 0.25) is 0 Å². The minimum Gasteiger partial charge on any atom is -0.396 e. The Kier molecular flexibility index (Phi) is 4.45. The number of aromatic nitrogens is 3. The van der Waals surface area contributed by atoms with Gasteiger partial charge in [-0.25, -0.2) is 4.98 Å². The van der Waals surface area contributed by atoms with E-state index in [2.05, 4.69) is 10.1 Å². The maximum atomic E-state index is 12.6. The lowest BCUT2D eigenvalue weighted by Crippen LogP contribution is -2.40. The summed E-state index contributed by atoms with van der Waals surface area (Å²) in [7, 11) is 1.76. The summed E-state index contributed by atoms with van der Waals surface area (Å²) in [6, 6.07) is 0. The molecule has 2 N–H and O–H groups in total. The standard InChI is InChI=1S/C17H24N4O3/c1-10-13(8-14(23)21-6-4-12(9-22)5-7-21)11(2)18-16-15(10)17(24)19-20(16)3/h12,22H,4-9H2,1-3H3,(H,19,24). The Morgan fingerprint density at radius 1 is 1.33 bits per heavy atom. The predicted octanol–water partition coefficient (Wildman–Crippen LogP) is 0.652. The normalized spacial score (nSPS) is 16.1. The number of hydrogen-bond donors (Lipinski definition) is 2. The van der Waals surface area contributed by atoms with E-state index in [1.807, 2.05) is 18.7 Å². The average Bonchev–Trinajstić information content (AvgIpc) is 2.85. The number of fused-ring (bicyclic) bond motifs is 1. The second kappa shape index (κ2) is 6.39. The molecule has 1 aliphatic rings. The lowest BCUT2D eigenvalue weighted by Gasteiger charge is -2.31. The SMILES string of the molecule is Cc1nc2c(c(C)c1CC(=O)N1CCC(CO)CC1)c(=O)[nH]n2C. The molecule has 24 heavy (non-hydrogen) atoms. The van der Waals surface area contributed by atoms with Crippen molar-refractivity contribution in [3.8, 4) is 0 Å². The minimum absolute atomic E-state index is 0.0612. The maximum absolute atomic E-state index is 12.6. The third-order valence-electron chi connectivity index (χ3n) is 5.13. The van der Waals surface area contributed by atoms with Gasteiger partial charge in [0.1, 0.15) is 0 Å². The molecule has 0 spiro atoms. The zero-order valence-corrected chi connectivity index (χ0v) is 14.4. The number of likely N-dealkylation sites (tertiary alicyclic amines) is 1. The molecule has 3 heterocycles. The molecule has 0 aromatic carbocycles. The van der Waals surface area contributed by atoms with Gasteiger partial charge in [-0.2, -0.15) is 0 Å². The molecule has 2 aromatic heterocycles. The summed E-state index contributed by atoms with van der Waals surface area (Å²) in [6.45, 7) is 5.32. The molecule has 0 bridgehead atoms. The van der Waals surface area contributed by atoms with Gasteiger partial charge >= 0.3 is 0 Å². The largest absolute Gasteiger partial charge is 0.396 e. The molecule has 1 saturated heterocycles. The van der Waals surface area contributed by atoms with E-state index in [0.717, 1.165) is 29.7 Å². The Bertz CT molecular complexity index is 828. The number of amides is 1. The van der Waals surface area contributed by atoms with E-state index in [1.54, 1.807) is 11.7 Å². The number of carbonyl (C=O) groups excluding carboxylic acids is 1. The van der Waals surface area contributed by atoms with Crippen LogP contribution in [0.3, 0.4) is 0 Å². The first-order valence-electron chi connectivity index (χ1n) is 8.35. The van der Waals surface area contributed by atoms with Crippen molar-refractivity contribution in [3.63, 3.8) is 0 Å².